The van der Waals surface area contributed by atoms with Gasteiger partial charge < -0.3 is 19.9 Å². The van der Waals surface area contributed by atoms with E-state index in [0.29, 0.717) is 49.7 Å². The SMILES string of the molecule is CC(C)(C)OC(=O)N1CCCN(c2ccc(C(=O)NC3CCCCn4c3nc(-c3ccncc3)cc4=O)cn2)CC1. The Labute approximate surface area is 239 Å². The van der Waals surface area contributed by atoms with Crippen LogP contribution in [0, 0.1) is 0 Å². The number of fused-ring (bicyclic) bond motifs is 1. The molecule has 2 aliphatic rings. The predicted molar refractivity (Wildman–Crippen MR) is 155 cm³/mol. The number of carbonyl (C=O) groups is 2. The predicted octanol–water partition coefficient (Wildman–Crippen LogP) is 3.80. The van der Waals surface area contributed by atoms with Gasteiger partial charge in [0.2, 0.25) is 0 Å². The Morgan fingerprint density at radius 1 is 0.976 bits per heavy atom. The third kappa shape index (κ3) is 6.90. The number of ether oxygens (including phenoxy) is 1. The summed E-state index contributed by atoms with van der Waals surface area (Å²) in [7, 11) is 0. The molecule has 1 N–H and O–H groups in total. The van der Waals surface area contributed by atoms with Crippen LogP contribution in [0.3, 0.4) is 0 Å². The molecule has 11 nitrogen and oxygen atoms in total. The maximum Gasteiger partial charge on any atom is 0.410 e. The lowest BCUT2D eigenvalue weighted by atomic mass is 10.1. The molecule has 0 aromatic carbocycles. The first-order chi connectivity index (χ1) is 19.7. The molecule has 2 amide bonds. The summed E-state index contributed by atoms with van der Waals surface area (Å²) in [6, 6.07) is 8.37. The molecular weight excluding hydrogens is 522 g/mol. The van der Waals surface area contributed by atoms with Gasteiger partial charge in [-0.05, 0) is 70.7 Å². The largest absolute Gasteiger partial charge is 0.444 e. The number of hydrogen-bond donors (Lipinski definition) is 1. The zero-order chi connectivity index (χ0) is 29.0. The van der Waals surface area contributed by atoms with Gasteiger partial charge in [0.15, 0.2) is 0 Å². The van der Waals surface area contributed by atoms with E-state index in [4.69, 9.17) is 9.72 Å². The molecule has 0 saturated carbocycles. The van der Waals surface area contributed by atoms with Crippen LogP contribution in [0.5, 0.6) is 0 Å². The lowest BCUT2D eigenvalue weighted by Crippen LogP contribution is -2.39. The molecule has 0 radical (unpaired) electrons. The molecule has 2 aliphatic heterocycles. The Kier molecular flexibility index (Phi) is 8.32. The minimum atomic E-state index is -0.534. The Bertz CT molecular complexity index is 1430. The summed E-state index contributed by atoms with van der Waals surface area (Å²) < 4.78 is 7.20. The van der Waals surface area contributed by atoms with Gasteiger partial charge in [-0.25, -0.2) is 14.8 Å². The number of rotatable bonds is 4. The van der Waals surface area contributed by atoms with E-state index in [0.717, 1.165) is 37.2 Å². The molecule has 5 heterocycles. The minimum absolute atomic E-state index is 0.128. The number of pyridine rings is 2. The highest BCUT2D eigenvalue weighted by Crippen LogP contribution is 2.25. The molecule has 41 heavy (non-hydrogen) atoms. The molecule has 1 fully saturated rings. The van der Waals surface area contributed by atoms with Crippen molar-refractivity contribution in [1.82, 2.24) is 29.7 Å². The first-order valence-electron chi connectivity index (χ1n) is 14.2. The summed E-state index contributed by atoms with van der Waals surface area (Å²) in [6.45, 7) is 8.68. The molecule has 1 unspecified atom stereocenters. The van der Waals surface area contributed by atoms with Crippen molar-refractivity contribution in [2.45, 2.75) is 64.6 Å². The highest BCUT2D eigenvalue weighted by Gasteiger charge is 2.26. The monoisotopic (exact) mass is 559 g/mol. The molecule has 216 valence electrons. The molecule has 5 rings (SSSR count). The van der Waals surface area contributed by atoms with Gasteiger partial charge >= 0.3 is 6.09 Å². The summed E-state index contributed by atoms with van der Waals surface area (Å²) in [4.78, 5) is 56.1. The standard InChI is InChI=1S/C30H37N7O4/c1-30(2,3)41-29(40)36-15-6-14-35(17-18-36)25-9-8-22(20-32-25)28(39)34-23-7-4-5-16-37-26(38)19-24(33-27(23)37)21-10-12-31-13-11-21/h8-13,19-20,23H,4-7,14-18H2,1-3H3,(H,34,39). The zero-order valence-electron chi connectivity index (χ0n) is 23.9. The average molecular weight is 560 g/mol. The van der Waals surface area contributed by atoms with Crippen LogP contribution in [0.25, 0.3) is 11.3 Å². The van der Waals surface area contributed by atoms with Crippen LogP contribution in [0.15, 0.2) is 53.7 Å². The summed E-state index contributed by atoms with van der Waals surface area (Å²) in [5, 5.41) is 3.10. The van der Waals surface area contributed by atoms with E-state index in [-0.39, 0.29) is 17.6 Å². The fraction of sp³-hybridized carbons (Fsp3) is 0.467. The molecule has 0 bridgehead atoms. The van der Waals surface area contributed by atoms with Gasteiger partial charge in [-0.15, -0.1) is 0 Å². The molecule has 1 saturated heterocycles. The van der Waals surface area contributed by atoms with Gasteiger partial charge in [0, 0.05) is 62.9 Å². The maximum absolute atomic E-state index is 13.3. The number of aromatic nitrogens is 4. The number of nitrogens with zero attached hydrogens (tertiary/aromatic N) is 6. The van der Waals surface area contributed by atoms with E-state index in [2.05, 4.69) is 20.2 Å². The van der Waals surface area contributed by atoms with Gasteiger partial charge in [0.25, 0.3) is 11.5 Å². The number of amides is 2. The van der Waals surface area contributed by atoms with Crippen molar-refractivity contribution in [3.63, 3.8) is 0 Å². The van der Waals surface area contributed by atoms with Crippen LogP contribution >= 0.6 is 0 Å². The third-order valence-corrected chi connectivity index (χ3v) is 7.24. The normalized spacial score (nSPS) is 17.7. The number of anilines is 1. The van der Waals surface area contributed by atoms with Gasteiger partial charge in [0.1, 0.15) is 17.2 Å². The van der Waals surface area contributed by atoms with Crippen LogP contribution in [-0.4, -0.2) is 68.2 Å². The van der Waals surface area contributed by atoms with Crippen LogP contribution in [0.1, 0.15) is 68.7 Å². The van der Waals surface area contributed by atoms with E-state index in [1.165, 1.54) is 0 Å². The first kappa shape index (κ1) is 28.3. The second-order valence-electron chi connectivity index (χ2n) is 11.5. The van der Waals surface area contributed by atoms with Crippen molar-refractivity contribution in [3.8, 4) is 11.3 Å². The smallest absolute Gasteiger partial charge is 0.410 e. The fourth-order valence-corrected chi connectivity index (χ4v) is 5.17. The highest BCUT2D eigenvalue weighted by atomic mass is 16.6. The fourth-order valence-electron chi connectivity index (χ4n) is 5.17. The molecule has 11 heteroatoms. The highest BCUT2D eigenvalue weighted by molar-refractivity contribution is 5.94. The van der Waals surface area contributed by atoms with Gasteiger partial charge in [-0.2, -0.15) is 0 Å². The van der Waals surface area contributed by atoms with Crippen LogP contribution in [0.2, 0.25) is 0 Å². The van der Waals surface area contributed by atoms with Gasteiger partial charge in [-0.3, -0.25) is 19.1 Å². The Morgan fingerprint density at radius 2 is 1.78 bits per heavy atom. The van der Waals surface area contributed by atoms with Crippen LogP contribution in [0.4, 0.5) is 10.6 Å². The van der Waals surface area contributed by atoms with Crippen LogP contribution in [-0.2, 0) is 11.3 Å². The van der Waals surface area contributed by atoms with Crippen molar-refractivity contribution in [2.24, 2.45) is 0 Å². The summed E-state index contributed by atoms with van der Waals surface area (Å²) in [5.41, 5.74) is 1.14. The Morgan fingerprint density at radius 3 is 2.51 bits per heavy atom. The van der Waals surface area contributed by atoms with Crippen molar-refractivity contribution < 1.29 is 14.3 Å². The van der Waals surface area contributed by atoms with E-state index in [9.17, 15) is 14.4 Å². The van der Waals surface area contributed by atoms with Crippen molar-refractivity contribution in [1.29, 1.82) is 0 Å². The van der Waals surface area contributed by atoms with Crippen molar-refractivity contribution >= 4 is 17.8 Å². The number of carbonyl (C=O) groups excluding carboxylic acids is 2. The van der Waals surface area contributed by atoms with Crippen molar-refractivity contribution in [2.75, 3.05) is 31.1 Å². The molecule has 0 aliphatic carbocycles. The van der Waals surface area contributed by atoms with Crippen molar-refractivity contribution in [3.05, 3.63) is 70.7 Å². The van der Waals surface area contributed by atoms with E-state index in [1.807, 2.05) is 39.0 Å². The molecule has 1 atom stereocenters. The van der Waals surface area contributed by atoms with E-state index < -0.39 is 11.6 Å². The Balaban J connectivity index is 1.27. The number of nitrogens with one attached hydrogen (secondary N) is 1. The van der Waals surface area contributed by atoms with E-state index in [1.54, 1.807) is 40.2 Å². The maximum atomic E-state index is 13.3. The second kappa shape index (κ2) is 12.1. The quantitative estimate of drug-likeness (QED) is 0.512. The van der Waals surface area contributed by atoms with Crippen LogP contribution < -0.4 is 15.8 Å². The number of hydrogen-bond acceptors (Lipinski definition) is 8. The molecular formula is C30H37N7O4. The Hall–Kier alpha value is -4.28. The summed E-state index contributed by atoms with van der Waals surface area (Å²) >= 11 is 0. The third-order valence-electron chi connectivity index (χ3n) is 7.24. The lowest BCUT2D eigenvalue weighted by Gasteiger charge is -2.26. The average Bonchev–Trinajstić information content (AvgIpc) is 3.32. The van der Waals surface area contributed by atoms with Gasteiger partial charge in [0.05, 0.1) is 17.3 Å². The molecule has 3 aromatic rings. The molecule has 3 aromatic heterocycles. The lowest BCUT2D eigenvalue weighted by molar-refractivity contribution is 0.0263. The summed E-state index contributed by atoms with van der Waals surface area (Å²) in [6.07, 6.45) is 7.79. The summed E-state index contributed by atoms with van der Waals surface area (Å²) in [5.74, 6) is 1.06. The minimum Gasteiger partial charge on any atom is -0.444 e. The first-order valence-corrected chi connectivity index (χ1v) is 14.2. The van der Waals surface area contributed by atoms with Gasteiger partial charge in [-0.1, -0.05) is 0 Å². The van der Waals surface area contributed by atoms with E-state index >= 15 is 0 Å². The molecule has 0 spiro atoms. The zero-order valence-corrected chi connectivity index (χ0v) is 23.9. The topological polar surface area (TPSA) is 123 Å². The second-order valence-corrected chi connectivity index (χ2v) is 11.5.